The van der Waals surface area contributed by atoms with Crippen molar-refractivity contribution < 1.29 is 19.4 Å². The van der Waals surface area contributed by atoms with Gasteiger partial charge in [0.1, 0.15) is 5.82 Å². The van der Waals surface area contributed by atoms with Crippen LogP contribution in [0.3, 0.4) is 0 Å². The van der Waals surface area contributed by atoms with E-state index in [2.05, 4.69) is 46.5 Å². The van der Waals surface area contributed by atoms with E-state index in [1.165, 1.54) is 10.5 Å². The van der Waals surface area contributed by atoms with Gasteiger partial charge in [0.25, 0.3) is 0 Å². The summed E-state index contributed by atoms with van der Waals surface area (Å²) >= 11 is 0. The highest BCUT2D eigenvalue weighted by Gasteiger charge is 2.37. The van der Waals surface area contributed by atoms with Gasteiger partial charge in [0.05, 0.1) is 30.7 Å². The molecule has 5 rings (SSSR count). The maximum Gasteiger partial charge on any atom is 0.236 e. The summed E-state index contributed by atoms with van der Waals surface area (Å²) in [7, 11) is 3.66. The normalized spacial score (nSPS) is 20.8. The number of aliphatic hydroxyl groups excluding tert-OH is 2. The molecule has 1 unspecified atom stereocenters. The van der Waals surface area contributed by atoms with Crippen LogP contribution in [-0.4, -0.2) is 96.1 Å². The molecule has 1 aromatic carbocycles. The predicted octanol–water partition coefficient (Wildman–Crippen LogP) is 1.78. The second-order valence-corrected chi connectivity index (χ2v) is 11.0. The van der Waals surface area contributed by atoms with Crippen molar-refractivity contribution in [1.29, 1.82) is 0 Å². The predicted molar refractivity (Wildman–Crippen MR) is 142 cm³/mol. The highest BCUT2D eigenvalue weighted by Crippen LogP contribution is 2.43. The van der Waals surface area contributed by atoms with Gasteiger partial charge in [0.15, 0.2) is 0 Å². The van der Waals surface area contributed by atoms with E-state index in [1.807, 2.05) is 19.2 Å². The lowest BCUT2D eigenvalue weighted by Crippen LogP contribution is -2.47. The maximum absolute atomic E-state index is 14.6. The van der Waals surface area contributed by atoms with E-state index in [9.17, 15) is 14.3 Å². The molecule has 196 valence electrons. The first-order chi connectivity index (χ1) is 17.6. The van der Waals surface area contributed by atoms with Gasteiger partial charge in [-0.1, -0.05) is 26.0 Å². The number of benzene rings is 1. The van der Waals surface area contributed by atoms with E-state index >= 15 is 0 Å². The van der Waals surface area contributed by atoms with Gasteiger partial charge in [-0.3, -0.25) is 15.1 Å². The van der Waals surface area contributed by atoms with Crippen molar-refractivity contribution in [1.82, 2.24) is 20.1 Å². The summed E-state index contributed by atoms with van der Waals surface area (Å²) in [5.41, 5.74) is 10.6. The molecule has 0 aromatic heterocycles. The van der Waals surface area contributed by atoms with Gasteiger partial charge >= 0.3 is 0 Å². The molecule has 3 aliphatic heterocycles. The molecule has 9 heteroatoms. The average molecular weight is 508 g/mol. The molecule has 0 saturated carbocycles. The first kappa shape index (κ1) is 25.4. The van der Waals surface area contributed by atoms with Gasteiger partial charge in [0, 0.05) is 68.6 Å². The second-order valence-electron chi connectivity index (χ2n) is 11.0. The number of carbonyl (C=O) groups is 1. The van der Waals surface area contributed by atoms with Crippen LogP contribution < -0.4 is 5.43 Å². The average Bonchev–Trinajstić information content (AvgIpc) is 3.16. The molecular formula is C28H34FN5O3. The number of aliphatic hydroxyl groups is 2. The van der Waals surface area contributed by atoms with E-state index < -0.39 is 6.10 Å². The van der Waals surface area contributed by atoms with Crippen molar-refractivity contribution in [2.75, 3.05) is 53.4 Å². The highest BCUT2D eigenvalue weighted by atomic mass is 19.1. The number of hydrazone groups is 1. The molecular weight excluding hydrogens is 473 g/mol. The molecule has 3 heterocycles. The minimum atomic E-state index is -0.946. The second kappa shape index (κ2) is 9.55. The number of hydrogen-bond donors (Lipinski definition) is 3. The molecule has 1 atom stereocenters. The van der Waals surface area contributed by atoms with Crippen molar-refractivity contribution in [3.8, 4) is 0 Å². The van der Waals surface area contributed by atoms with Gasteiger partial charge < -0.3 is 20.0 Å². The number of allylic oxidation sites excluding steroid dienone is 2. The number of likely N-dealkylation sites (N-methyl/N-ethyl adjacent to an activating group) is 2. The Morgan fingerprint density at radius 1 is 1.32 bits per heavy atom. The van der Waals surface area contributed by atoms with E-state index in [-0.39, 0.29) is 36.8 Å². The quantitative estimate of drug-likeness (QED) is 0.544. The minimum absolute atomic E-state index is 0.0957. The van der Waals surface area contributed by atoms with Crippen LogP contribution in [-0.2, 0) is 4.79 Å². The van der Waals surface area contributed by atoms with Gasteiger partial charge in [-0.25, -0.2) is 4.39 Å². The Hall–Kier alpha value is -3.27. The lowest BCUT2D eigenvalue weighted by Gasteiger charge is -2.42. The van der Waals surface area contributed by atoms with Crippen LogP contribution in [0.25, 0.3) is 11.6 Å². The van der Waals surface area contributed by atoms with Gasteiger partial charge in [-0.2, -0.15) is 5.10 Å². The summed E-state index contributed by atoms with van der Waals surface area (Å²) in [6, 6.07) is 3.14. The van der Waals surface area contributed by atoms with Gasteiger partial charge in [-0.15, -0.1) is 0 Å². The van der Waals surface area contributed by atoms with E-state index in [1.54, 1.807) is 19.2 Å². The van der Waals surface area contributed by atoms with Crippen LogP contribution in [0.1, 0.15) is 30.5 Å². The standard InChI is InChI=1S/C28H34FN5O3/c1-28(2)16-34(14-25(37)33(4)11-19(36)15-35)8-7-23(28)22-13-32(3)12-21-20-10-18(29)9-17-5-6-24(26(17)20)30-31-27(21)22/h5-7,9-10,12,19,31,35-36H,8,11,13-16H2,1-4H3. The summed E-state index contributed by atoms with van der Waals surface area (Å²) in [5, 5.41) is 23.4. The molecule has 0 bridgehead atoms. The number of rotatable bonds is 6. The van der Waals surface area contributed by atoms with Crippen LogP contribution in [0.5, 0.6) is 0 Å². The molecule has 1 aliphatic carbocycles. The van der Waals surface area contributed by atoms with Gasteiger partial charge in [-0.05, 0) is 34.9 Å². The Morgan fingerprint density at radius 2 is 2.11 bits per heavy atom. The van der Waals surface area contributed by atoms with E-state index in [0.717, 1.165) is 39.2 Å². The molecule has 0 saturated heterocycles. The molecule has 3 N–H and O–H groups in total. The summed E-state index contributed by atoms with van der Waals surface area (Å²) < 4.78 is 14.6. The monoisotopic (exact) mass is 507 g/mol. The Balaban J connectivity index is 1.46. The number of nitrogens with one attached hydrogen (secondary N) is 1. The summed E-state index contributed by atoms with van der Waals surface area (Å²) in [6.45, 7) is 6.24. The highest BCUT2D eigenvalue weighted by molar-refractivity contribution is 6.20. The third-order valence-corrected chi connectivity index (χ3v) is 7.42. The molecule has 37 heavy (non-hydrogen) atoms. The van der Waals surface area contributed by atoms with Crippen LogP contribution in [0.2, 0.25) is 0 Å². The Labute approximate surface area is 216 Å². The topological polar surface area (TPSA) is 91.6 Å². The smallest absolute Gasteiger partial charge is 0.236 e. The molecule has 0 radical (unpaired) electrons. The fourth-order valence-corrected chi connectivity index (χ4v) is 5.74. The first-order valence-corrected chi connectivity index (χ1v) is 12.6. The molecule has 0 fully saturated rings. The number of amides is 1. The maximum atomic E-state index is 14.6. The van der Waals surface area contributed by atoms with E-state index in [0.29, 0.717) is 19.6 Å². The molecule has 0 spiro atoms. The first-order valence-electron chi connectivity index (χ1n) is 12.6. The Bertz CT molecular complexity index is 1290. The zero-order valence-electron chi connectivity index (χ0n) is 21.8. The number of nitrogens with zero attached hydrogens (tertiary/aromatic N) is 4. The zero-order chi connectivity index (χ0) is 26.5. The molecule has 8 nitrogen and oxygen atoms in total. The van der Waals surface area contributed by atoms with E-state index in [4.69, 9.17) is 5.11 Å². The lowest BCUT2D eigenvalue weighted by atomic mass is 9.75. The number of carbonyl (C=O) groups excluding carboxylic acids is 1. The zero-order valence-corrected chi connectivity index (χ0v) is 21.8. The van der Waals surface area contributed by atoms with Gasteiger partial charge in [0.2, 0.25) is 5.91 Å². The molecule has 1 aromatic rings. The molecule has 4 aliphatic rings. The third-order valence-electron chi connectivity index (χ3n) is 7.42. The number of fused-ring (bicyclic) bond motifs is 2. The summed E-state index contributed by atoms with van der Waals surface area (Å²) in [4.78, 5) is 18.4. The van der Waals surface area contributed by atoms with Crippen molar-refractivity contribution >= 4 is 23.3 Å². The largest absolute Gasteiger partial charge is 0.394 e. The molecule has 1 amide bonds. The Morgan fingerprint density at radius 3 is 2.84 bits per heavy atom. The van der Waals surface area contributed by atoms with Crippen LogP contribution in [0, 0.1) is 11.2 Å². The third kappa shape index (κ3) is 4.74. The van der Waals surface area contributed by atoms with Crippen molar-refractivity contribution in [2.45, 2.75) is 20.0 Å². The van der Waals surface area contributed by atoms with Crippen LogP contribution in [0.4, 0.5) is 4.39 Å². The summed E-state index contributed by atoms with van der Waals surface area (Å²) in [6.07, 6.45) is 7.10. The fraction of sp³-hybridized carbons (Fsp3) is 0.429. The van der Waals surface area contributed by atoms with Crippen molar-refractivity contribution in [3.05, 3.63) is 69.8 Å². The van der Waals surface area contributed by atoms with Crippen LogP contribution >= 0.6 is 0 Å². The van der Waals surface area contributed by atoms with Crippen LogP contribution in [0.15, 0.2) is 52.4 Å². The van der Waals surface area contributed by atoms with Crippen molar-refractivity contribution in [3.63, 3.8) is 0 Å². The SMILES string of the molecule is CN1C=C2C(=C(C3=CCN(CC(=O)N(C)CC(O)CO)CC3(C)C)C1)NN=C1C=Cc3cc(F)cc2c31. The summed E-state index contributed by atoms with van der Waals surface area (Å²) in [5.74, 6) is -0.375. The Kier molecular flexibility index (Phi) is 6.55. The minimum Gasteiger partial charge on any atom is -0.394 e. The fourth-order valence-electron chi connectivity index (χ4n) is 5.74. The van der Waals surface area contributed by atoms with Crippen molar-refractivity contribution in [2.24, 2.45) is 10.5 Å². The number of halogens is 1. The number of hydrogen-bond acceptors (Lipinski definition) is 7. The lowest BCUT2D eigenvalue weighted by molar-refractivity contribution is -0.132.